The van der Waals surface area contributed by atoms with Gasteiger partial charge in [-0.1, -0.05) is 18.2 Å². The number of aromatic nitrogens is 1. The van der Waals surface area contributed by atoms with Crippen molar-refractivity contribution in [3.8, 4) is 17.7 Å². The number of amides is 1. The van der Waals surface area contributed by atoms with Crippen molar-refractivity contribution < 1.29 is 23.0 Å². The second-order valence-electron chi connectivity index (χ2n) is 8.38. The largest absolute Gasteiger partial charge is 0.482 e. The van der Waals surface area contributed by atoms with Gasteiger partial charge in [-0.2, -0.15) is 17.0 Å². The third-order valence-electron chi connectivity index (χ3n) is 5.86. The van der Waals surface area contributed by atoms with Crippen molar-refractivity contribution >= 4 is 29.3 Å². The van der Waals surface area contributed by atoms with Crippen molar-refractivity contribution in [1.82, 2.24) is 15.2 Å². The minimum atomic E-state index is -2.67. The van der Waals surface area contributed by atoms with Crippen molar-refractivity contribution in [2.24, 2.45) is 0 Å². The van der Waals surface area contributed by atoms with Gasteiger partial charge in [0.15, 0.2) is 5.75 Å². The van der Waals surface area contributed by atoms with Gasteiger partial charge in [0, 0.05) is 29.2 Å². The first kappa shape index (κ1) is 27.6. The molecule has 1 aromatic heterocycles. The Hall–Kier alpha value is -3.03. The molecule has 0 unspecified atom stereocenters. The second-order valence-corrected chi connectivity index (χ2v) is 10.0. The van der Waals surface area contributed by atoms with Crippen LogP contribution in [0.5, 0.6) is 11.6 Å². The lowest BCUT2D eigenvalue weighted by molar-refractivity contribution is -0.119. The van der Waals surface area contributed by atoms with Crippen LogP contribution in [-0.2, 0) is 4.79 Å². The second kappa shape index (κ2) is 12.3. The molecule has 1 N–H and O–H groups in total. The number of pyridine rings is 1. The molecule has 2 aliphatic rings. The van der Waals surface area contributed by atoms with E-state index in [9.17, 15) is 18.8 Å². The summed E-state index contributed by atoms with van der Waals surface area (Å²) in [4.78, 5) is 18.9. The summed E-state index contributed by atoms with van der Waals surface area (Å²) in [5.74, 6) is 1.79. The molecule has 3 heterocycles. The van der Waals surface area contributed by atoms with Gasteiger partial charge in [-0.05, 0) is 50.3 Å². The molecule has 1 amide bonds. The van der Waals surface area contributed by atoms with Gasteiger partial charge in [0.2, 0.25) is 5.91 Å². The van der Waals surface area contributed by atoms with Gasteiger partial charge in [-0.15, -0.1) is 0 Å². The predicted octanol–water partition coefficient (Wildman–Crippen LogP) is 5.57. The smallest absolute Gasteiger partial charge is 0.272 e. The number of halogens is 3. The number of thioether (sulfide) groups is 1. The van der Waals surface area contributed by atoms with Crippen molar-refractivity contribution in [1.29, 1.82) is 5.26 Å². The Morgan fingerprint density at radius 1 is 1.39 bits per heavy atom. The molecule has 0 aliphatic carbocycles. The number of allylic oxidation sites excluding steroid dienone is 3. The number of hydrogen-bond donors (Lipinski definition) is 1. The van der Waals surface area contributed by atoms with E-state index in [2.05, 4.69) is 22.9 Å². The van der Waals surface area contributed by atoms with Crippen LogP contribution in [0.15, 0.2) is 59.9 Å². The number of alkyl halides is 2. The van der Waals surface area contributed by atoms with Crippen molar-refractivity contribution in [2.45, 2.75) is 45.1 Å². The maximum Gasteiger partial charge on any atom is 0.272 e. The Kier molecular flexibility index (Phi) is 9.40. The van der Waals surface area contributed by atoms with Crippen LogP contribution < -0.4 is 14.8 Å². The zero-order valence-electron chi connectivity index (χ0n) is 20.0. The first-order valence-electron chi connectivity index (χ1n) is 11.2. The molecule has 0 spiro atoms. The van der Waals surface area contributed by atoms with Gasteiger partial charge in [-0.25, -0.2) is 13.8 Å². The zero-order chi connectivity index (χ0) is 26.3. The van der Waals surface area contributed by atoms with Gasteiger partial charge in [-0.3, -0.25) is 4.79 Å². The summed E-state index contributed by atoms with van der Waals surface area (Å²) in [6.07, 6.45) is 5.32. The van der Waals surface area contributed by atoms with E-state index < -0.39 is 18.6 Å². The summed E-state index contributed by atoms with van der Waals surface area (Å²) < 4.78 is 36.2. The fraction of sp³-hybridized carbons (Fsp3) is 0.400. The Bertz CT molecular complexity index is 1140. The molecule has 11 heteroatoms. The summed E-state index contributed by atoms with van der Waals surface area (Å²) in [6.45, 7) is 6.67. The number of carbonyl (C=O) groups excluding carboxylic acids is 1. The van der Waals surface area contributed by atoms with Crippen LogP contribution in [0.2, 0.25) is 5.02 Å². The molecule has 192 valence electrons. The molecule has 1 aromatic rings. The summed E-state index contributed by atoms with van der Waals surface area (Å²) in [5.41, 5.74) is 1.13. The third-order valence-corrected chi connectivity index (χ3v) is 7.05. The van der Waals surface area contributed by atoms with Gasteiger partial charge in [0.25, 0.3) is 12.3 Å². The van der Waals surface area contributed by atoms with Crippen LogP contribution in [0.4, 0.5) is 8.78 Å². The number of nitrogens with one attached hydrogen (secondary N) is 1. The monoisotopic (exact) mass is 536 g/mol. The number of nitriles is 1. The average molecular weight is 537 g/mol. The molecular formula is C25H27ClF2N4O3S. The van der Waals surface area contributed by atoms with Crippen LogP contribution in [0, 0.1) is 11.3 Å². The quantitative estimate of drug-likeness (QED) is 0.412. The summed E-state index contributed by atoms with van der Waals surface area (Å²) in [5, 5.41) is 12.6. The van der Waals surface area contributed by atoms with Gasteiger partial charge < -0.3 is 19.7 Å². The zero-order valence-corrected chi connectivity index (χ0v) is 21.6. The van der Waals surface area contributed by atoms with Gasteiger partial charge in [0.05, 0.1) is 29.3 Å². The molecule has 7 nitrogen and oxygen atoms in total. The Labute approximate surface area is 218 Å². The number of ether oxygens (including phenoxy) is 2. The maximum absolute atomic E-state index is 13.1. The number of carbonyl (C=O) groups is 1. The van der Waals surface area contributed by atoms with E-state index >= 15 is 0 Å². The molecule has 1 fully saturated rings. The molecule has 0 aromatic carbocycles. The topological polar surface area (TPSA) is 87.5 Å². The minimum absolute atomic E-state index is 0.0238. The van der Waals surface area contributed by atoms with Gasteiger partial charge in [0.1, 0.15) is 12.4 Å². The Morgan fingerprint density at radius 2 is 2.11 bits per heavy atom. The summed E-state index contributed by atoms with van der Waals surface area (Å²) in [6, 6.07) is 3.55. The molecule has 0 atom stereocenters. The SMILES string of the molecule is C=C1C=CC(Oc2ncc(Cl)cc2OCC(F)F)=CN1/C(C)=C(\C)C(=O)NC1(CC#N)CCSCC1. The highest BCUT2D eigenvalue weighted by Gasteiger charge is 2.34. The van der Waals surface area contributed by atoms with Crippen LogP contribution in [0.3, 0.4) is 0 Å². The number of rotatable bonds is 9. The first-order chi connectivity index (χ1) is 17.1. The van der Waals surface area contributed by atoms with Crippen LogP contribution in [0.25, 0.3) is 0 Å². The number of hydrogen-bond acceptors (Lipinski definition) is 7. The average Bonchev–Trinajstić information content (AvgIpc) is 2.85. The van der Waals surface area contributed by atoms with Crippen LogP contribution in [-0.4, -0.2) is 45.9 Å². The van der Waals surface area contributed by atoms with E-state index in [1.165, 1.54) is 12.3 Å². The van der Waals surface area contributed by atoms with Crippen molar-refractivity contribution in [2.75, 3.05) is 18.1 Å². The van der Waals surface area contributed by atoms with E-state index in [-0.39, 0.29) is 29.0 Å². The van der Waals surface area contributed by atoms with Crippen molar-refractivity contribution in [3.05, 3.63) is 64.9 Å². The highest BCUT2D eigenvalue weighted by atomic mass is 35.5. The molecule has 0 radical (unpaired) electrons. The first-order valence-corrected chi connectivity index (χ1v) is 12.7. The number of nitrogens with zero attached hydrogens (tertiary/aromatic N) is 3. The summed E-state index contributed by atoms with van der Waals surface area (Å²) in [7, 11) is 0. The maximum atomic E-state index is 13.1. The molecule has 1 saturated heterocycles. The lowest BCUT2D eigenvalue weighted by Gasteiger charge is -2.36. The molecule has 0 saturated carbocycles. The third kappa shape index (κ3) is 7.02. The standard InChI is InChI=1S/C25H27ClF2N4O3S/c1-16-4-5-20(35-24-21(34-15-22(27)28)12-19(26)13-30-24)14-32(16)18(3)17(2)23(33)31-25(6-9-29)7-10-36-11-8-25/h4-5,12-14,22H,1,6-8,10-11,15H2,2-3H3,(H,31,33)/b18-17+. The fourth-order valence-electron chi connectivity index (χ4n) is 3.68. The normalized spacial score (nSPS) is 17.8. The lowest BCUT2D eigenvalue weighted by Crippen LogP contribution is -2.51. The Morgan fingerprint density at radius 3 is 2.78 bits per heavy atom. The fourth-order valence-corrected chi connectivity index (χ4v) is 5.10. The van der Waals surface area contributed by atoms with E-state index in [4.69, 9.17) is 21.1 Å². The highest BCUT2D eigenvalue weighted by molar-refractivity contribution is 7.99. The van der Waals surface area contributed by atoms with E-state index in [1.807, 2.05) is 11.8 Å². The predicted molar refractivity (Wildman–Crippen MR) is 136 cm³/mol. The molecule has 3 rings (SSSR count). The van der Waals surface area contributed by atoms with E-state index in [0.717, 1.165) is 24.3 Å². The van der Waals surface area contributed by atoms with Crippen LogP contribution >= 0.6 is 23.4 Å². The Balaban J connectivity index is 1.81. The molecule has 0 bridgehead atoms. The molecule has 2 aliphatic heterocycles. The van der Waals surface area contributed by atoms with Crippen molar-refractivity contribution in [3.63, 3.8) is 0 Å². The summed E-state index contributed by atoms with van der Waals surface area (Å²) >= 11 is 7.74. The van der Waals surface area contributed by atoms with E-state index in [1.54, 1.807) is 37.1 Å². The highest BCUT2D eigenvalue weighted by Crippen LogP contribution is 2.33. The molecule has 36 heavy (non-hydrogen) atoms. The molecular weight excluding hydrogens is 510 g/mol. The van der Waals surface area contributed by atoms with E-state index in [0.29, 0.717) is 22.7 Å². The van der Waals surface area contributed by atoms with Crippen LogP contribution in [0.1, 0.15) is 33.1 Å². The van der Waals surface area contributed by atoms with Gasteiger partial charge >= 0.3 is 0 Å². The minimum Gasteiger partial charge on any atom is -0.482 e. The lowest BCUT2D eigenvalue weighted by atomic mass is 9.88.